The number of carbonyl (C=O) groups is 2. The molecule has 6 nitrogen and oxygen atoms in total. The Hall–Kier alpha value is -1.66. The first-order chi connectivity index (χ1) is 23.1. The number of carbonyl (C=O) groups excluding carboxylic acids is 1. The monoisotopic (exact) mass is 746 g/mol. The molecule has 1 N–H and O–H groups in total. The Morgan fingerprint density at radius 2 is 1.56 bits per heavy atom. The van der Waals surface area contributed by atoms with Gasteiger partial charge in [-0.15, -0.1) is 11.8 Å². The van der Waals surface area contributed by atoms with Crippen LogP contribution in [0, 0.1) is 17.8 Å². The van der Waals surface area contributed by atoms with Crippen molar-refractivity contribution in [1.82, 2.24) is 0 Å². The van der Waals surface area contributed by atoms with Gasteiger partial charge < -0.3 is 18.7 Å². The molecule has 5 atom stereocenters. The second-order valence-electron chi connectivity index (χ2n) is 17.6. The summed E-state index contributed by atoms with van der Waals surface area (Å²) in [6.07, 6.45) is 11.9. The predicted octanol–water partition coefficient (Wildman–Crippen LogP) is 12.3. The van der Waals surface area contributed by atoms with Gasteiger partial charge in [0, 0.05) is 17.2 Å². The Bertz CT molecular complexity index is 1280. The average molecular weight is 747 g/mol. The van der Waals surface area contributed by atoms with E-state index >= 15 is 0 Å². The predicted molar refractivity (Wildman–Crippen MR) is 217 cm³/mol. The normalized spacial score (nSPS) is 19.5. The SMILES string of the molecule is CCCC[C@@H](C)C[C@@H](C=C[C@@H]1C(SCCCCC(C)C(=O)O)=C(OC(=O)c2ccccc2)C[C@H]1O[Si](C)(C)C(C)(C)C)O[Si](C)(C)C(C)(C)C. The van der Waals surface area contributed by atoms with E-state index in [1.54, 1.807) is 30.8 Å². The molecule has 2 rings (SSSR count). The summed E-state index contributed by atoms with van der Waals surface area (Å²) >= 11 is 1.74. The molecule has 284 valence electrons. The third-order valence-corrected chi connectivity index (χ3v) is 21.3. The first-order valence-corrected chi connectivity index (χ1v) is 25.8. The average Bonchev–Trinajstić information content (AvgIpc) is 3.31. The summed E-state index contributed by atoms with van der Waals surface area (Å²) < 4.78 is 20.5. The Morgan fingerprint density at radius 1 is 0.940 bits per heavy atom. The number of carboxylic acid groups (broad SMARTS) is 1. The number of carboxylic acids is 1. The van der Waals surface area contributed by atoms with E-state index in [0.29, 0.717) is 30.1 Å². The fourth-order valence-corrected chi connectivity index (χ4v) is 9.45. The molecule has 50 heavy (non-hydrogen) atoms. The Morgan fingerprint density at radius 3 is 2.12 bits per heavy atom. The summed E-state index contributed by atoms with van der Waals surface area (Å²) in [7, 11) is -4.26. The van der Waals surface area contributed by atoms with Crippen LogP contribution in [0.2, 0.25) is 36.3 Å². The van der Waals surface area contributed by atoms with Crippen LogP contribution in [0.4, 0.5) is 0 Å². The Labute approximate surface area is 311 Å². The van der Waals surface area contributed by atoms with Crippen LogP contribution in [-0.2, 0) is 18.4 Å². The van der Waals surface area contributed by atoms with Crippen LogP contribution >= 0.6 is 11.8 Å². The molecule has 1 aromatic rings. The van der Waals surface area contributed by atoms with Gasteiger partial charge in [-0.05, 0) is 79.3 Å². The molecular formula is C41H70O6SSi2. The molecule has 1 unspecified atom stereocenters. The number of hydrogen-bond acceptors (Lipinski definition) is 6. The molecule has 0 saturated heterocycles. The van der Waals surface area contributed by atoms with Gasteiger partial charge in [-0.25, -0.2) is 4.79 Å². The number of hydrogen-bond donors (Lipinski definition) is 1. The summed E-state index contributed by atoms with van der Waals surface area (Å²) in [4.78, 5) is 25.9. The highest BCUT2D eigenvalue weighted by molar-refractivity contribution is 8.03. The van der Waals surface area contributed by atoms with Crippen LogP contribution in [0.15, 0.2) is 53.1 Å². The minimum atomic E-state index is -2.19. The second-order valence-corrected chi connectivity index (χ2v) is 28.2. The van der Waals surface area contributed by atoms with Gasteiger partial charge in [-0.3, -0.25) is 4.79 Å². The molecular weight excluding hydrogens is 677 g/mol. The first kappa shape index (κ1) is 44.5. The van der Waals surface area contributed by atoms with Crippen LogP contribution in [0.3, 0.4) is 0 Å². The number of ether oxygens (including phenoxy) is 1. The van der Waals surface area contributed by atoms with E-state index in [0.717, 1.165) is 29.9 Å². The van der Waals surface area contributed by atoms with Gasteiger partial charge in [0.05, 0.1) is 23.7 Å². The molecule has 0 radical (unpaired) electrons. The van der Waals surface area contributed by atoms with Gasteiger partial charge in [0.15, 0.2) is 16.6 Å². The molecule has 1 aliphatic rings. The van der Waals surface area contributed by atoms with E-state index in [2.05, 4.69) is 93.7 Å². The molecule has 9 heteroatoms. The van der Waals surface area contributed by atoms with Crippen molar-refractivity contribution in [3.63, 3.8) is 0 Å². The molecule has 0 amide bonds. The molecule has 0 heterocycles. The molecule has 0 bridgehead atoms. The van der Waals surface area contributed by atoms with Gasteiger partial charge in [-0.2, -0.15) is 0 Å². The number of aliphatic carboxylic acids is 1. The summed E-state index contributed by atoms with van der Waals surface area (Å²) in [6, 6.07) is 9.18. The van der Waals surface area contributed by atoms with E-state index in [1.807, 2.05) is 18.2 Å². The number of unbranched alkanes of at least 4 members (excludes halogenated alkanes) is 2. The Kier molecular flexibility index (Phi) is 17.3. The lowest BCUT2D eigenvalue weighted by atomic mass is 9.96. The van der Waals surface area contributed by atoms with Crippen molar-refractivity contribution in [1.29, 1.82) is 0 Å². The van der Waals surface area contributed by atoms with Crippen LogP contribution in [0.5, 0.6) is 0 Å². The van der Waals surface area contributed by atoms with Gasteiger partial charge in [0.25, 0.3) is 0 Å². The highest BCUT2D eigenvalue weighted by atomic mass is 32.2. The number of esters is 1. The molecule has 0 fully saturated rings. The van der Waals surface area contributed by atoms with Crippen LogP contribution in [0.1, 0.15) is 124 Å². The zero-order valence-corrected chi connectivity index (χ0v) is 36.5. The highest BCUT2D eigenvalue weighted by Crippen LogP contribution is 2.47. The lowest BCUT2D eigenvalue weighted by Gasteiger charge is -2.40. The molecule has 0 spiro atoms. The standard InChI is InChI=1S/C41H70O6SSi2/c1-14-15-21-30(2)28-33(46-49(10,11)40(4,5)6)25-26-34-35(47-50(12,13)41(7,8)9)29-36(45-39(44)32-23-17-16-18-24-32)37(34)48-27-20-19-22-31(3)38(42)43/h16-18,23-26,30-31,33-35H,14-15,19-22,27-29H2,1-13H3,(H,42,43)/t30-,31?,33-,34+,35-/m1/s1. The van der Waals surface area contributed by atoms with Crippen molar-refractivity contribution >= 4 is 40.3 Å². The number of benzene rings is 1. The smallest absolute Gasteiger partial charge is 0.343 e. The third-order valence-electron chi connectivity index (χ3n) is 11.0. The van der Waals surface area contributed by atoms with Crippen LogP contribution in [0.25, 0.3) is 0 Å². The second kappa shape index (κ2) is 19.4. The zero-order valence-electron chi connectivity index (χ0n) is 33.7. The maximum Gasteiger partial charge on any atom is 0.343 e. The fourth-order valence-electron chi connectivity index (χ4n) is 5.55. The maximum atomic E-state index is 13.5. The molecule has 0 saturated carbocycles. The summed E-state index contributed by atoms with van der Waals surface area (Å²) in [5, 5.41) is 9.47. The first-order valence-electron chi connectivity index (χ1n) is 19.0. The molecule has 1 aromatic carbocycles. The third kappa shape index (κ3) is 13.7. The molecule has 1 aliphatic carbocycles. The van der Waals surface area contributed by atoms with Crippen LogP contribution in [-0.4, -0.2) is 51.6 Å². The van der Waals surface area contributed by atoms with Gasteiger partial charge >= 0.3 is 11.9 Å². The van der Waals surface area contributed by atoms with Gasteiger partial charge in [0.2, 0.25) is 0 Å². The largest absolute Gasteiger partial charge is 0.481 e. The van der Waals surface area contributed by atoms with Gasteiger partial charge in [0.1, 0.15) is 5.76 Å². The van der Waals surface area contributed by atoms with Crippen molar-refractivity contribution in [3.05, 3.63) is 58.7 Å². The van der Waals surface area contributed by atoms with Crippen LogP contribution < -0.4 is 0 Å². The van der Waals surface area contributed by atoms with Crippen molar-refractivity contribution in [2.45, 2.75) is 162 Å². The summed E-state index contributed by atoms with van der Waals surface area (Å²) in [6.45, 7) is 29.3. The van der Waals surface area contributed by atoms with E-state index in [-0.39, 0.29) is 40.1 Å². The topological polar surface area (TPSA) is 82.1 Å². The lowest BCUT2D eigenvalue weighted by molar-refractivity contribution is -0.141. The Balaban J connectivity index is 2.57. The van der Waals surface area contributed by atoms with Crippen molar-refractivity contribution in [2.24, 2.45) is 17.8 Å². The van der Waals surface area contributed by atoms with Crippen molar-refractivity contribution in [2.75, 3.05) is 5.75 Å². The van der Waals surface area contributed by atoms with Gasteiger partial charge in [-0.1, -0.05) is 118 Å². The molecule has 0 aromatic heterocycles. The maximum absolute atomic E-state index is 13.5. The molecule has 0 aliphatic heterocycles. The van der Waals surface area contributed by atoms with Crippen molar-refractivity contribution in [3.8, 4) is 0 Å². The van der Waals surface area contributed by atoms with E-state index in [1.165, 1.54) is 19.3 Å². The highest BCUT2D eigenvalue weighted by Gasteiger charge is 2.45. The zero-order chi connectivity index (χ0) is 37.9. The van der Waals surface area contributed by atoms with E-state index in [9.17, 15) is 14.7 Å². The minimum Gasteiger partial charge on any atom is -0.481 e. The summed E-state index contributed by atoms with van der Waals surface area (Å²) in [5.74, 6) is 0.500. The fraction of sp³-hybridized carbons (Fsp3) is 0.707. The number of thioether (sulfide) groups is 1. The van der Waals surface area contributed by atoms with E-state index in [4.69, 9.17) is 13.6 Å². The summed E-state index contributed by atoms with van der Waals surface area (Å²) in [5.41, 5.74) is 0.525. The number of rotatable bonds is 20. The van der Waals surface area contributed by atoms with E-state index < -0.39 is 22.6 Å². The van der Waals surface area contributed by atoms with Crippen molar-refractivity contribution < 1.29 is 28.3 Å². The minimum absolute atomic E-state index is 0.0154. The lowest BCUT2D eigenvalue weighted by Crippen LogP contribution is -2.45. The quantitative estimate of drug-likeness (QED) is 0.0615.